The molecule has 1 unspecified atom stereocenters. The Labute approximate surface area is 116 Å². The minimum atomic E-state index is -0.749. The number of aliphatic carboxylic acids is 1. The van der Waals surface area contributed by atoms with Crippen molar-refractivity contribution in [3.8, 4) is 0 Å². The summed E-state index contributed by atoms with van der Waals surface area (Å²) >= 11 is 0. The monoisotopic (exact) mass is 269 g/mol. The first-order chi connectivity index (χ1) is 8.79. The smallest absolute Gasteiger partial charge is 0.311 e. The average Bonchev–Trinajstić information content (AvgIpc) is 2.38. The Hall–Kier alpha value is -1.06. The first-order valence-corrected chi connectivity index (χ1v) is 7.32. The predicted molar refractivity (Wildman–Crippen MR) is 74.9 cm³/mol. The van der Waals surface area contributed by atoms with Crippen LogP contribution in [0, 0.1) is 10.8 Å². The molecular formula is C15H27NO3. The van der Waals surface area contributed by atoms with E-state index in [0.29, 0.717) is 25.9 Å². The van der Waals surface area contributed by atoms with E-state index >= 15 is 0 Å². The van der Waals surface area contributed by atoms with Gasteiger partial charge in [-0.05, 0) is 25.7 Å². The van der Waals surface area contributed by atoms with Gasteiger partial charge in [-0.15, -0.1) is 0 Å². The second-order valence-electron chi connectivity index (χ2n) is 6.40. The van der Waals surface area contributed by atoms with Gasteiger partial charge in [-0.3, -0.25) is 9.59 Å². The second kappa shape index (κ2) is 5.93. The fourth-order valence-corrected chi connectivity index (χ4v) is 2.85. The quantitative estimate of drug-likeness (QED) is 0.835. The molecule has 4 heteroatoms. The fraction of sp³-hybridized carbons (Fsp3) is 0.867. The van der Waals surface area contributed by atoms with Gasteiger partial charge in [0.1, 0.15) is 0 Å². The summed E-state index contributed by atoms with van der Waals surface area (Å²) in [6.07, 6.45) is 3.74. The Bertz CT molecular complexity index is 347. The van der Waals surface area contributed by atoms with Crippen LogP contribution in [0.3, 0.4) is 0 Å². The molecule has 1 N–H and O–H groups in total. The van der Waals surface area contributed by atoms with Gasteiger partial charge >= 0.3 is 5.97 Å². The molecule has 1 heterocycles. The number of likely N-dealkylation sites (tertiary alicyclic amines) is 1. The van der Waals surface area contributed by atoms with Crippen molar-refractivity contribution in [2.75, 3.05) is 13.1 Å². The number of piperidine rings is 1. The van der Waals surface area contributed by atoms with Crippen LogP contribution in [0.4, 0.5) is 0 Å². The lowest BCUT2D eigenvalue weighted by Gasteiger charge is -2.42. The van der Waals surface area contributed by atoms with Crippen LogP contribution in [0.2, 0.25) is 0 Å². The molecule has 110 valence electrons. The zero-order valence-corrected chi connectivity index (χ0v) is 12.7. The molecule has 1 rings (SSSR count). The Morgan fingerprint density at radius 3 is 2.42 bits per heavy atom. The third kappa shape index (κ3) is 3.28. The van der Waals surface area contributed by atoms with Gasteiger partial charge in [0.15, 0.2) is 0 Å². The highest BCUT2D eigenvalue weighted by Crippen LogP contribution is 2.37. The molecule has 0 aromatic rings. The van der Waals surface area contributed by atoms with Gasteiger partial charge in [0.05, 0.1) is 5.41 Å². The zero-order valence-electron chi connectivity index (χ0n) is 12.7. The standard InChI is InChI=1S/C15H27NO3/c1-5-8-15(13(18)19)9-7-10-16(11-15)12(17)14(3,4)6-2/h5-11H2,1-4H3,(H,18,19). The predicted octanol–water partition coefficient (Wildman–Crippen LogP) is 2.92. The van der Waals surface area contributed by atoms with E-state index in [0.717, 1.165) is 19.3 Å². The van der Waals surface area contributed by atoms with Crippen molar-refractivity contribution in [1.29, 1.82) is 0 Å². The van der Waals surface area contributed by atoms with E-state index in [1.165, 1.54) is 0 Å². The van der Waals surface area contributed by atoms with E-state index in [1.54, 1.807) is 4.90 Å². The van der Waals surface area contributed by atoms with Crippen LogP contribution in [0.25, 0.3) is 0 Å². The molecule has 0 saturated carbocycles. The SMILES string of the molecule is CCCC1(C(=O)O)CCCN(C(=O)C(C)(C)CC)C1. The highest BCUT2D eigenvalue weighted by atomic mass is 16.4. The fourth-order valence-electron chi connectivity index (χ4n) is 2.85. The average molecular weight is 269 g/mol. The Morgan fingerprint density at radius 2 is 1.95 bits per heavy atom. The molecule has 1 fully saturated rings. The van der Waals surface area contributed by atoms with E-state index in [4.69, 9.17) is 0 Å². The molecule has 1 aliphatic rings. The maximum atomic E-state index is 12.5. The van der Waals surface area contributed by atoms with E-state index in [9.17, 15) is 14.7 Å². The number of amides is 1. The largest absolute Gasteiger partial charge is 0.481 e. The van der Waals surface area contributed by atoms with E-state index in [2.05, 4.69) is 0 Å². The van der Waals surface area contributed by atoms with Gasteiger partial charge in [-0.2, -0.15) is 0 Å². The van der Waals surface area contributed by atoms with Crippen LogP contribution in [0.5, 0.6) is 0 Å². The number of carboxylic acids is 1. The van der Waals surface area contributed by atoms with E-state index < -0.39 is 16.8 Å². The maximum absolute atomic E-state index is 12.5. The molecule has 1 aliphatic heterocycles. The second-order valence-corrected chi connectivity index (χ2v) is 6.40. The van der Waals surface area contributed by atoms with Gasteiger partial charge in [-0.25, -0.2) is 0 Å². The van der Waals surface area contributed by atoms with Crippen molar-refractivity contribution in [3.05, 3.63) is 0 Å². The third-order valence-electron chi connectivity index (χ3n) is 4.51. The van der Waals surface area contributed by atoms with E-state index in [1.807, 2.05) is 27.7 Å². The zero-order chi connectivity index (χ0) is 14.7. The van der Waals surface area contributed by atoms with Crippen molar-refractivity contribution in [1.82, 2.24) is 4.90 Å². The highest BCUT2D eigenvalue weighted by molar-refractivity contribution is 5.83. The van der Waals surface area contributed by atoms with Gasteiger partial charge in [0, 0.05) is 18.5 Å². The molecule has 1 atom stereocenters. The lowest BCUT2D eigenvalue weighted by Crippen LogP contribution is -2.52. The molecule has 0 aliphatic carbocycles. The highest BCUT2D eigenvalue weighted by Gasteiger charge is 2.44. The van der Waals surface area contributed by atoms with Crippen LogP contribution in [-0.4, -0.2) is 35.0 Å². The molecular weight excluding hydrogens is 242 g/mol. The lowest BCUT2D eigenvalue weighted by molar-refractivity contribution is -0.158. The van der Waals surface area contributed by atoms with Crippen molar-refractivity contribution >= 4 is 11.9 Å². The van der Waals surface area contributed by atoms with Crippen LogP contribution < -0.4 is 0 Å². The minimum Gasteiger partial charge on any atom is -0.481 e. The lowest BCUT2D eigenvalue weighted by atomic mass is 9.75. The van der Waals surface area contributed by atoms with Gasteiger partial charge in [0.25, 0.3) is 0 Å². The summed E-state index contributed by atoms with van der Waals surface area (Å²) in [7, 11) is 0. The van der Waals surface area contributed by atoms with Gasteiger partial charge in [-0.1, -0.05) is 34.1 Å². The number of carboxylic acid groups (broad SMARTS) is 1. The number of hydrogen-bond acceptors (Lipinski definition) is 2. The molecule has 0 aromatic heterocycles. The van der Waals surface area contributed by atoms with Crippen LogP contribution in [0.15, 0.2) is 0 Å². The Kier molecular flexibility index (Phi) is 4.99. The summed E-state index contributed by atoms with van der Waals surface area (Å²) in [5, 5.41) is 9.54. The maximum Gasteiger partial charge on any atom is 0.311 e. The summed E-state index contributed by atoms with van der Waals surface area (Å²) in [6.45, 7) is 8.94. The molecule has 19 heavy (non-hydrogen) atoms. The summed E-state index contributed by atoms with van der Waals surface area (Å²) in [5.74, 6) is -0.655. The first kappa shape index (κ1) is 16.0. The molecule has 1 amide bonds. The number of hydrogen-bond donors (Lipinski definition) is 1. The topological polar surface area (TPSA) is 57.6 Å². The van der Waals surface area contributed by atoms with Crippen molar-refractivity contribution in [2.24, 2.45) is 10.8 Å². The van der Waals surface area contributed by atoms with Crippen LogP contribution in [-0.2, 0) is 9.59 Å². The summed E-state index contributed by atoms with van der Waals surface area (Å²) in [4.78, 5) is 25.9. The molecule has 0 aromatic carbocycles. The van der Waals surface area contributed by atoms with Gasteiger partial charge in [0.2, 0.25) is 5.91 Å². The molecule has 4 nitrogen and oxygen atoms in total. The number of rotatable bonds is 5. The molecule has 0 bridgehead atoms. The molecule has 0 spiro atoms. The summed E-state index contributed by atoms with van der Waals surface area (Å²) in [5.41, 5.74) is -1.12. The Balaban J connectivity index is 2.89. The first-order valence-electron chi connectivity index (χ1n) is 7.32. The molecule has 0 radical (unpaired) electrons. The Morgan fingerprint density at radius 1 is 1.32 bits per heavy atom. The normalized spacial score (nSPS) is 24.3. The number of nitrogens with zero attached hydrogens (tertiary/aromatic N) is 1. The minimum absolute atomic E-state index is 0.0939. The van der Waals surface area contributed by atoms with Crippen molar-refractivity contribution in [2.45, 2.75) is 59.8 Å². The van der Waals surface area contributed by atoms with E-state index in [-0.39, 0.29) is 5.91 Å². The van der Waals surface area contributed by atoms with Crippen molar-refractivity contribution in [3.63, 3.8) is 0 Å². The summed E-state index contributed by atoms with van der Waals surface area (Å²) < 4.78 is 0. The van der Waals surface area contributed by atoms with Gasteiger partial charge < -0.3 is 10.0 Å². The molecule has 1 saturated heterocycles. The third-order valence-corrected chi connectivity index (χ3v) is 4.51. The summed E-state index contributed by atoms with van der Waals surface area (Å²) in [6, 6.07) is 0. The van der Waals surface area contributed by atoms with Crippen LogP contribution >= 0.6 is 0 Å². The number of carbonyl (C=O) groups excluding carboxylic acids is 1. The van der Waals surface area contributed by atoms with Crippen LogP contribution in [0.1, 0.15) is 59.8 Å². The van der Waals surface area contributed by atoms with Crippen molar-refractivity contribution < 1.29 is 14.7 Å². The number of carbonyl (C=O) groups is 2.